The Morgan fingerprint density at radius 1 is 1.24 bits per heavy atom. The Labute approximate surface area is 147 Å². The number of aromatic nitrogens is 3. The van der Waals surface area contributed by atoms with Crippen molar-refractivity contribution in [3.8, 4) is 0 Å². The van der Waals surface area contributed by atoms with Crippen LogP contribution in [0, 0.1) is 13.8 Å². The topological polar surface area (TPSA) is 59.7 Å². The molecule has 0 aliphatic rings. The van der Waals surface area contributed by atoms with E-state index in [9.17, 15) is 4.79 Å². The highest BCUT2D eigenvalue weighted by molar-refractivity contribution is 5.99. The molecule has 130 valence electrons. The Morgan fingerprint density at radius 2 is 2.00 bits per heavy atom. The van der Waals surface area contributed by atoms with Crippen LogP contribution in [0.2, 0.25) is 0 Å². The molecule has 0 fully saturated rings. The van der Waals surface area contributed by atoms with Gasteiger partial charge in [-0.3, -0.25) is 4.79 Å². The third kappa shape index (κ3) is 3.69. The number of aryl methyl sites for hydroxylation is 2. The molecule has 0 aliphatic heterocycles. The van der Waals surface area contributed by atoms with Gasteiger partial charge in [0.05, 0.1) is 12.8 Å². The molecule has 2 heterocycles. The molecule has 2 aromatic heterocycles. The van der Waals surface area contributed by atoms with Crippen molar-refractivity contribution in [2.75, 3.05) is 20.3 Å². The fraction of sp³-hybridized carbons (Fsp3) is 0.316. The summed E-state index contributed by atoms with van der Waals surface area (Å²) >= 11 is 0. The maximum Gasteiger partial charge on any atom is 0.259 e. The molecule has 0 saturated heterocycles. The average molecular weight is 338 g/mol. The minimum Gasteiger partial charge on any atom is -0.383 e. The molecule has 0 radical (unpaired) electrons. The first kappa shape index (κ1) is 17.1. The Kier molecular flexibility index (Phi) is 5.09. The smallest absolute Gasteiger partial charge is 0.259 e. The van der Waals surface area contributed by atoms with E-state index >= 15 is 0 Å². The van der Waals surface area contributed by atoms with Gasteiger partial charge in [0.25, 0.3) is 5.91 Å². The number of methoxy groups -OCH3 is 1. The van der Waals surface area contributed by atoms with Crippen LogP contribution < -0.4 is 0 Å². The van der Waals surface area contributed by atoms with Crippen LogP contribution in [0.1, 0.15) is 27.3 Å². The van der Waals surface area contributed by atoms with Gasteiger partial charge in [-0.1, -0.05) is 30.3 Å². The summed E-state index contributed by atoms with van der Waals surface area (Å²) in [6.07, 6.45) is 1.60. The number of hydrogen-bond acceptors (Lipinski definition) is 4. The number of hydrogen-bond donors (Lipinski definition) is 0. The molecule has 0 bridgehead atoms. The SMILES string of the molecule is COCCN(Cc1ccccc1)C(=O)c1cnn2c(C)cc(C)nc12. The number of nitrogens with zero attached hydrogens (tertiary/aromatic N) is 4. The first-order chi connectivity index (χ1) is 12.1. The molecular formula is C19H22N4O2. The minimum absolute atomic E-state index is 0.0894. The van der Waals surface area contributed by atoms with Crippen molar-refractivity contribution in [1.82, 2.24) is 19.5 Å². The lowest BCUT2D eigenvalue weighted by atomic mass is 10.2. The normalized spacial score (nSPS) is 11.0. The van der Waals surface area contributed by atoms with Gasteiger partial charge < -0.3 is 9.64 Å². The molecule has 1 amide bonds. The largest absolute Gasteiger partial charge is 0.383 e. The highest BCUT2D eigenvalue weighted by Gasteiger charge is 2.21. The molecular weight excluding hydrogens is 316 g/mol. The summed E-state index contributed by atoms with van der Waals surface area (Å²) in [5.41, 5.74) is 4.00. The van der Waals surface area contributed by atoms with Crippen LogP contribution >= 0.6 is 0 Å². The maximum absolute atomic E-state index is 13.1. The van der Waals surface area contributed by atoms with Crippen LogP contribution in [0.5, 0.6) is 0 Å². The van der Waals surface area contributed by atoms with Gasteiger partial charge in [-0.05, 0) is 25.5 Å². The molecule has 0 spiro atoms. The number of carbonyl (C=O) groups is 1. The van der Waals surface area contributed by atoms with Gasteiger partial charge >= 0.3 is 0 Å². The maximum atomic E-state index is 13.1. The van der Waals surface area contributed by atoms with Crippen LogP contribution in [0.4, 0.5) is 0 Å². The number of benzene rings is 1. The summed E-state index contributed by atoms with van der Waals surface area (Å²) in [6, 6.07) is 11.9. The monoisotopic (exact) mass is 338 g/mol. The molecule has 0 atom stereocenters. The zero-order valence-corrected chi connectivity index (χ0v) is 14.8. The summed E-state index contributed by atoms with van der Waals surface area (Å²) in [6.45, 7) is 5.37. The van der Waals surface area contributed by atoms with Crippen molar-refractivity contribution in [1.29, 1.82) is 0 Å². The van der Waals surface area contributed by atoms with E-state index in [4.69, 9.17) is 4.74 Å². The first-order valence-corrected chi connectivity index (χ1v) is 8.24. The zero-order chi connectivity index (χ0) is 17.8. The third-order valence-corrected chi connectivity index (χ3v) is 4.08. The van der Waals surface area contributed by atoms with Gasteiger partial charge in [0.15, 0.2) is 5.65 Å². The Balaban J connectivity index is 1.94. The second-order valence-electron chi connectivity index (χ2n) is 6.04. The average Bonchev–Trinajstić information content (AvgIpc) is 3.03. The fourth-order valence-electron chi connectivity index (χ4n) is 2.85. The Hall–Kier alpha value is -2.73. The van der Waals surface area contributed by atoms with E-state index in [1.807, 2.05) is 50.2 Å². The number of carbonyl (C=O) groups excluding carboxylic acids is 1. The number of amides is 1. The second-order valence-corrected chi connectivity index (χ2v) is 6.04. The highest BCUT2D eigenvalue weighted by Crippen LogP contribution is 2.16. The molecule has 0 unspecified atom stereocenters. The van der Waals surface area contributed by atoms with Crippen molar-refractivity contribution >= 4 is 11.6 Å². The van der Waals surface area contributed by atoms with Gasteiger partial charge in [-0.25, -0.2) is 9.50 Å². The predicted molar refractivity (Wildman–Crippen MR) is 95.5 cm³/mol. The second kappa shape index (κ2) is 7.44. The molecule has 0 saturated carbocycles. The first-order valence-electron chi connectivity index (χ1n) is 8.24. The summed E-state index contributed by atoms with van der Waals surface area (Å²) in [4.78, 5) is 19.4. The van der Waals surface area contributed by atoms with Crippen molar-refractivity contribution in [3.63, 3.8) is 0 Å². The molecule has 25 heavy (non-hydrogen) atoms. The van der Waals surface area contributed by atoms with Gasteiger partial charge in [0.2, 0.25) is 0 Å². The number of ether oxygens (including phenoxy) is 1. The lowest BCUT2D eigenvalue weighted by molar-refractivity contribution is 0.0682. The van der Waals surface area contributed by atoms with Gasteiger partial charge in [0.1, 0.15) is 5.56 Å². The van der Waals surface area contributed by atoms with Crippen LogP contribution in [0.3, 0.4) is 0 Å². The van der Waals surface area contributed by atoms with Crippen molar-refractivity contribution < 1.29 is 9.53 Å². The quantitative estimate of drug-likeness (QED) is 0.693. The Morgan fingerprint density at radius 3 is 2.72 bits per heavy atom. The van der Waals surface area contributed by atoms with E-state index in [1.54, 1.807) is 22.7 Å². The van der Waals surface area contributed by atoms with E-state index in [-0.39, 0.29) is 5.91 Å². The molecule has 3 aromatic rings. The van der Waals surface area contributed by atoms with Crippen molar-refractivity contribution in [3.05, 3.63) is 65.1 Å². The summed E-state index contributed by atoms with van der Waals surface area (Å²) in [5.74, 6) is -0.0894. The van der Waals surface area contributed by atoms with Crippen LogP contribution in [0.15, 0.2) is 42.6 Å². The van der Waals surface area contributed by atoms with Crippen LogP contribution in [-0.4, -0.2) is 45.7 Å². The van der Waals surface area contributed by atoms with E-state index in [0.29, 0.717) is 30.9 Å². The summed E-state index contributed by atoms with van der Waals surface area (Å²) < 4.78 is 6.88. The molecule has 0 N–H and O–H groups in total. The Bertz CT molecular complexity index is 874. The van der Waals surface area contributed by atoms with Crippen LogP contribution in [-0.2, 0) is 11.3 Å². The van der Waals surface area contributed by atoms with Gasteiger partial charge in [0, 0.05) is 31.6 Å². The molecule has 0 aliphatic carbocycles. The standard InChI is InChI=1S/C19H22N4O2/c1-14-11-15(2)23-18(21-14)17(12-20-23)19(24)22(9-10-25-3)13-16-7-5-4-6-8-16/h4-8,11-12H,9-10,13H2,1-3H3. The summed E-state index contributed by atoms with van der Waals surface area (Å²) in [7, 11) is 1.63. The zero-order valence-electron chi connectivity index (χ0n) is 14.8. The van der Waals surface area contributed by atoms with Crippen LogP contribution in [0.25, 0.3) is 5.65 Å². The van der Waals surface area contributed by atoms with Gasteiger partial charge in [-0.15, -0.1) is 0 Å². The highest BCUT2D eigenvalue weighted by atomic mass is 16.5. The third-order valence-electron chi connectivity index (χ3n) is 4.08. The molecule has 1 aromatic carbocycles. The predicted octanol–water partition coefficient (Wildman–Crippen LogP) is 2.63. The molecule has 6 nitrogen and oxygen atoms in total. The van der Waals surface area contributed by atoms with Gasteiger partial charge in [-0.2, -0.15) is 5.10 Å². The molecule has 3 rings (SSSR count). The lowest BCUT2D eigenvalue weighted by Gasteiger charge is -2.22. The van der Waals surface area contributed by atoms with E-state index < -0.39 is 0 Å². The fourth-order valence-corrected chi connectivity index (χ4v) is 2.85. The number of rotatable bonds is 6. The summed E-state index contributed by atoms with van der Waals surface area (Å²) in [5, 5.41) is 4.33. The lowest BCUT2D eigenvalue weighted by Crippen LogP contribution is -2.33. The molecule has 6 heteroatoms. The number of fused-ring (bicyclic) bond motifs is 1. The van der Waals surface area contributed by atoms with Crippen molar-refractivity contribution in [2.24, 2.45) is 0 Å². The van der Waals surface area contributed by atoms with E-state index in [2.05, 4.69) is 10.1 Å². The van der Waals surface area contributed by atoms with E-state index in [1.165, 1.54) is 0 Å². The van der Waals surface area contributed by atoms with E-state index in [0.717, 1.165) is 17.0 Å². The van der Waals surface area contributed by atoms with Crippen molar-refractivity contribution in [2.45, 2.75) is 20.4 Å². The minimum atomic E-state index is -0.0894.